The van der Waals surface area contributed by atoms with E-state index in [0.717, 1.165) is 66.6 Å². The van der Waals surface area contributed by atoms with Crippen LogP contribution in [0.3, 0.4) is 0 Å². The smallest absolute Gasteiger partial charge is 0.381 e. The first-order valence-electron chi connectivity index (χ1n) is 20.1. The molecule has 1 fully saturated rings. The highest BCUT2D eigenvalue weighted by Gasteiger charge is 2.36. The zero-order valence-electron chi connectivity index (χ0n) is 33.9. The number of halogens is 4. The molecule has 7 rings (SSSR count). The zero-order valence-corrected chi connectivity index (χ0v) is 36.3. The highest BCUT2D eigenvalue weighted by molar-refractivity contribution is 7.99. The summed E-state index contributed by atoms with van der Waals surface area (Å²) in [5, 5.41) is 3.76. The zero-order chi connectivity index (χ0) is 43.2. The van der Waals surface area contributed by atoms with Gasteiger partial charge in [-0.1, -0.05) is 66.2 Å². The summed E-state index contributed by atoms with van der Waals surface area (Å²) in [7, 11) is -4.67. The molecule has 0 aromatic heterocycles. The van der Waals surface area contributed by atoms with Gasteiger partial charge in [0.2, 0.25) is 0 Å². The summed E-state index contributed by atoms with van der Waals surface area (Å²) in [6.45, 7) is 9.19. The van der Waals surface area contributed by atoms with Crippen molar-refractivity contribution in [2.45, 2.75) is 54.4 Å². The molecule has 9 nitrogen and oxygen atoms in total. The fraction of sp³-hybridized carbons (Fsp3) is 0.304. The fourth-order valence-electron chi connectivity index (χ4n) is 7.49. The van der Waals surface area contributed by atoms with Gasteiger partial charge in [0, 0.05) is 84.5 Å². The highest BCUT2D eigenvalue weighted by Crippen LogP contribution is 2.37. The molecule has 1 saturated heterocycles. The van der Waals surface area contributed by atoms with Crippen molar-refractivity contribution < 1.29 is 26.4 Å². The van der Waals surface area contributed by atoms with Gasteiger partial charge in [-0.15, -0.1) is 11.8 Å². The number of hydrogen-bond donors (Lipinski definition) is 2. The van der Waals surface area contributed by atoms with E-state index in [0.29, 0.717) is 36.4 Å². The van der Waals surface area contributed by atoms with Gasteiger partial charge in [0.05, 0.1) is 22.3 Å². The second-order valence-electron chi connectivity index (χ2n) is 15.9. The molecule has 2 aliphatic rings. The molecule has 0 saturated carbocycles. The molecular formula is C46H48ClF3N6O3S2. The third kappa shape index (κ3) is 11.7. The number of nitrogens with one attached hydrogen (secondary N) is 2. The minimum atomic E-state index is -4.89. The predicted octanol–water partition coefficient (Wildman–Crippen LogP) is 9.55. The number of aliphatic imine (C=N–C) groups is 1. The van der Waals surface area contributed by atoms with E-state index in [1.54, 1.807) is 18.5 Å². The average molecular weight is 890 g/mol. The number of rotatable bonds is 15. The van der Waals surface area contributed by atoms with E-state index >= 15 is 0 Å². The SMILES string of the molecule is CC1(C)CN(CC[C@H](CSc2ccccc2)Nc2ccc(S(=O)(=O)NC(=O)c3ccc(N4CCN(Cc5ccccc5-c5ccc(Cl)cc5)CC4)cc3)cc2C(F)(F)F)C=N1. The van der Waals surface area contributed by atoms with Gasteiger partial charge in [0.1, 0.15) is 0 Å². The summed E-state index contributed by atoms with van der Waals surface area (Å²) in [5.74, 6) is -0.486. The lowest BCUT2D eigenvalue weighted by Gasteiger charge is -2.36. The van der Waals surface area contributed by atoms with Gasteiger partial charge in [0.25, 0.3) is 15.9 Å². The molecule has 2 aliphatic heterocycles. The Morgan fingerprint density at radius 3 is 2.25 bits per heavy atom. The van der Waals surface area contributed by atoms with Crippen LogP contribution in [0.5, 0.6) is 0 Å². The Kier molecular flexibility index (Phi) is 13.7. The van der Waals surface area contributed by atoms with Crippen molar-refractivity contribution in [3.05, 3.63) is 143 Å². The van der Waals surface area contributed by atoms with Crippen LogP contribution in [0.4, 0.5) is 24.5 Å². The number of alkyl halides is 3. The molecule has 0 bridgehead atoms. The lowest BCUT2D eigenvalue weighted by Crippen LogP contribution is -2.46. The number of nitrogens with zero attached hydrogens (tertiary/aromatic N) is 4. The van der Waals surface area contributed by atoms with Gasteiger partial charge in [-0.2, -0.15) is 13.2 Å². The molecule has 61 heavy (non-hydrogen) atoms. The summed E-state index contributed by atoms with van der Waals surface area (Å²) < 4.78 is 72.6. The van der Waals surface area contributed by atoms with Gasteiger partial charge in [-0.05, 0) is 104 Å². The molecular weight excluding hydrogens is 841 g/mol. The van der Waals surface area contributed by atoms with Crippen LogP contribution in [0.15, 0.2) is 136 Å². The molecule has 0 radical (unpaired) electrons. The van der Waals surface area contributed by atoms with Crippen LogP contribution in [-0.2, 0) is 22.7 Å². The van der Waals surface area contributed by atoms with E-state index in [9.17, 15) is 26.4 Å². The second-order valence-corrected chi connectivity index (χ2v) is 19.1. The summed E-state index contributed by atoms with van der Waals surface area (Å²) in [6, 6.07) is 34.6. The van der Waals surface area contributed by atoms with Crippen molar-refractivity contribution in [3.8, 4) is 11.1 Å². The summed E-state index contributed by atoms with van der Waals surface area (Å²) in [6.07, 6.45) is -2.60. The highest BCUT2D eigenvalue weighted by atomic mass is 35.5. The van der Waals surface area contributed by atoms with Crippen LogP contribution in [0.2, 0.25) is 5.02 Å². The first kappa shape index (κ1) is 44.0. The van der Waals surface area contributed by atoms with E-state index in [2.05, 4.69) is 32.2 Å². The molecule has 320 valence electrons. The number of thioether (sulfide) groups is 1. The van der Waals surface area contributed by atoms with Gasteiger partial charge < -0.3 is 15.1 Å². The van der Waals surface area contributed by atoms with Crippen LogP contribution in [-0.4, -0.2) is 87.1 Å². The number of amides is 1. The van der Waals surface area contributed by atoms with Crippen molar-refractivity contribution in [1.82, 2.24) is 14.5 Å². The maximum absolute atomic E-state index is 14.6. The van der Waals surface area contributed by atoms with E-state index in [4.69, 9.17) is 11.6 Å². The molecule has 5 aromatic rings. The van der Waals surface area contributed by atoms with Crippen molar-refractivity contribution in [2.24, 2.45) is 4.99 Å². The minimum absolute atomic E-state index is 0.0595. The standard InChI is InChI=1S/C46H48ClF3N6O3S2/c1-45(2)31-55(32-51-45)23-22-37(30-60-39-9-4-3-5-10-39)52-43-21-20-40(28-42(43)46(48,49)50)61(58,59)53-44(57)34-14-18-38(19-15-34)56-26-24-54(25-27-56)29-35-8-6-7-11-41(35)33-12-16-36(47)17-13-33/h3-21,28,32,37,52H,22-27,29-31H2,1-2H3,(H,53,57)/t37-/m1/s1. The Labute approximate surface area is 365 Å². The van der Waals surface area contributed by atoms with E-state index < -0.39 is 38.6 Å². The first-order chi connectivity index (χ1) is 29.1. The topological polar surface area (TPSA) is 97.3 Å². The molecule has 0 aliphatic carbocycles. The predicted molar refractivity (Wildman–Crippen MR) is 240 cm³/mol. The Morgan fingerprint density at radius 2 is 1.57 bits per heavy atom. The molecule has 2 N–H and O–H groups in total. The summed E-state index contributed by atoms with van der Waals surface area (Å²) in [4.78, 5) is 24.7. The molecule has 0 spiro atoms. The lowest BCUT2D eigenvalue weighted by atomic mass is 9.99. The molecule has 15 heteroatoms. The normalized spacial score (nSPS) is 16.1. The number of anilines is 2. The molecule has 5 aromatic carbocycles. The van der Waals surface area contributed by atoms with Gasteiger partial charge in [-0.3, -0.25) is 14.7 Å². The average Bonchev–Trinajstić information content (AvgIpc) is 3.60. The molecule has 0 unspecified atom stereocenters. The molecule has 1 atom stereocenters. The number of hydrogen-bond acceptors (Lipinski definition) is 9. The van der Waals surface area contributed by atoms with Crippen molar-refractivity contribution >= 4 is 57.0 Å². The van der Waals surface area contributed by atoms with Crippen molar-refractivity contribution in [3.63, 3.8) is 0 Å². The van der Waals surface area contributed by atoms with Crippen LogP contribution in [0.25, 0.3) is 11.1 Å². The molecule has 1 amide bonds. The third-order valence-electron chi connectivity index (χ3n) is 10.7. The van der Waals surface area contributed by atoms with Crippen molar-refractivity contribution in [2.75, 3.05) is 55.2 Å². The number of benzene rings is 5. The fourth-order valence-corrected chi connectivity index (χ4v) is 9.61. The Morgan fingerprint density at radius 1 is 0.885 bits per heavy atom. The first-order valence-corrected chi connectivity index (χ1v) is 22.9. The van der Waals surface area contributed by atoms with E-state index in [-0.39, 0.29) is 16.8 Å². The van der Waals surface area contributed by atoms with Crippen molar-refractivity contribution in [1.29, 1.82) is 0 Å². The van der Waals surface area contributed by atoms with Crippen LogP contribution < -0.4 is 14.9 Å². The Bertz CT molecular complexity index is 2430. The maximum atomic E-state index is 14.6. The van der Waals surface area contributed by atoms with Crippen LogP contribution in [0, 0.1) is 0 Å². The monoisotopic (exact) mass is 888 g/mol. The van der Waals surface area contributed by atoms with E-state index in [1.165, 1.54) is 29.5 Å². The van der Waals surface area contributed by atoms with Crippen LogP contribution >= 0.6 is 23.4 Å². The Hall–Kier alpha value is -5.02. The summed E-state index contributed by atoms with van der Waals surface area (Å²) >= 11 is 7.63. The third-order valence-corrected chi connectivity index (χ3v) is 13.5. The van der Waals surface area contributed by atoms with E-state index in [1.807, 2.05) is 90.2 Å². The maximum Gasteiger partial charge on any atom is 0.418 e. The largest absolute Gasteiger partial charge is 0.418 e. The minimum Gasteiger partial charge on any atom is -0.381 e. The second kappa shape index (κ2) is 18.9. The van der Waals surface area contributed by atoms with Gasteiger partial charge in [-0.25, -0.2) is 13.1 Å². The Balaban J connectivity index is 0.977. The quantitative estimate of drug-likeness (QED) is 0.100. The van der Waals surface area contributed by atoms with Crippen LogP contribution in [0.1, 0.15) is 41.8 Å². The molecule has 2 heterocycles. The van der Waals surface area contributed by atoms with Gasteiger partial charge in [0.15, 0.2) is 0 Å². The number of carbonyl (C=O) groups excluding carboxylic acids is 1. The lowest BCUT2D eigenvalue weighted by molar-refractivity contribution is -0.137. The number of sulfonamides is 1. The van der Waals surface area contributed by atoms with Gasteiger partial charge >= 0.3 is 6.18 Å². The summed E-state index contributed by atoms with van der Waals surface area (Å²) in [5.41, 5.74) is 2.79. The number of piperazine rings is 1. The number of carbonyl (C=O) groups is 1.